The summed E-state index contributed by atoms with van der Waals surface area (Å²) in [7, 11) is -3.78. The van der Waals surface area contributed by atoms with Crippen LogP contribution in [0.1, 0.15) is 29.5 Å². The van der Waals surface area contributed by atoms with Gasteiger partial charge in [0.05, 0.1) is 24.2 Å². The van der Waals surface area contributed by atoms with Gasteiger partial charge in [0.25, 0.3) is 5.91 Å². The topological polar surface area (TPSA) is 120 Å². The molecule has 0 saturated carbocycles. The van der Waals surface area contributed by atoms with Crippen LogP contribution in [-0.4, -0.2) is 38.3 Å². The summed E-state index contributed by atoms with van der Waals surface area (Å²) in [5.41, 5.74) is 0.682. The molecule has 1 heterocycles. The molecule has 0 radical (unpaired) electrons. The highest BCUT2D eigenvalue weighted by Crippen LogP contribution is 2.14. The number of nitrogens with two attached hydrogens (primary N) is 1. The number of sulfonamides is 1. The minimum absolute atomic E-state index is 0.0170. The third-order valence-electron chi connectivity index (χ3n) is 3.54. The fraction of sp³-hybridized carbons (Fsp3) is 0.294. The van der Waals surface area contributed by atoms with Gasteiger partial charge in [0, 0.05) is 13.1 Å². The van der Waals surface area contributed by atoms with Gasteiger partial charge in [0.2, 0.25) is 10.0 Å². The molecule has 9 heteroatoms. The highest BCUT2D eigenvalue weighted by Gasteiger charge is 2.20. The van der Waals surface area contributed by atoms with Gasteiger partial charge in [0.1, 0.15) is 0 Å². The number of furan rings is 1. The molecule has 1 amide bonds. The molecule has 2 rings (SSSR count). The van der Waals surface area contributed by atoms with E-state index in [1.54, 1.807) is 25.1 Å². The lowest BCUT2D eigenvalue weighted by Gasteiger charge is -2.21. The summed E-state index contributed by atoms with van der Waals surface area (Å²) in [6.07, 6.45) is 1.42. The molecule has 0 unspecified atom stereocenters. The average Bonchev–Trinajstić information content (AvgIpc) is 3.12. The first-order valence-corrected chi connectivity index (χ1v) is 9.46. The van der Waals surface area contributed by atoms with Crippen LogP contribution in [0, 0.1) is 0 Å². The number of carbonyl (C=O) groups excluding carboxylic acids is 2. The Morgan fingerprint density at radius 2 is 1.88 bits per heavy atom. The Balaban J connectivity index is 2.15. The molecule has 0 aliphatic rings. The molecule has 0 saturated heterocycles. The number of primary sulfonamides is 1. The van der Waals surface area contributed by atoms with Gasteiger partial charge in [-0.2, -0.15) is 0 Å². The number of rotatable bonds is 8. The summed E-state index contributed by atoms with van der Waals surface area (Å²) in [4.78, 5) is 25.6. The fourth-order valence-corrected chi connectivity index (χ4v) is 2.79. The molecular weight excluding hydrogens is 360 g/mol. The van der Waals surface area contributed by atoms with Crippen molar-refractivity contribution in [3.05, 3.63) is 54.0 Å². The highest BCUT2D eigenvalue weighted by atomic mass is 32.2. The second-order valence-electron chi connectivity index (χ2n) is 5.45. The summed E-state index contributed by atoms with van der Waals surface area (Å²) < 4.78 is 32.7. The van der Waals surface area contributed by atoms with E-state index in [9.17, 15) is 18.0 Å². The molecule has 0 atom stereocenters. The minimum atomic E-state index is -3.78. The van der Waals surface area contributed by atoms with Crippen molar-refractivity contribution in [2.75, 3.05) is 13.2 Å². The number of amides is 1. The van der Waals surface area contributed by atoms with E-state index in [2.05, 4.69) is 0 Å². The van der Waals surface area contributed by atoms with Crippen molar-refractivity contribution in [2.24, 2.45) is 5.14 Å². The van der Waals surface area contributed by atoms with Gasteiger partial charge in [-0.15, -0.1) is 0 Å². The summed E-state index contributed by atoms with van der Waals surface area (Å²) in [5, 5.41) is 5.07. The number of hydrogen-bond donors (Lipinski definition) is 1. The first kappa shape index (κ1) is 19.7. The summed E-state index contributed by atoms with van der Waals surface area (Å²) in [6, 6.07) is 8.98. The maximum atomic E-state index is 12.6. The lowest BCUT2D eigenvalue weighted by Crippen LogP contribution is -2.32. The number of benzene rings is 1. The van der Waals surface area contributed by atoms with Crippen LogP contribution >= 0.6 is 0 Å². The number of ether oxygens (including phenoxy) is 1. The number of hydrogen-bond acceptors (Lipinski definition) is 6. The van der Waals surface area contributed by atoms with Crippen LogP contribution < -0.4 is 5.14 Å². The minimum Gasteiger partial charge on any atom is -0.466 e. The molecule has 140 valence electrons. The number of nitrogens with zero attached hydrogens (tertiary/aromatic N) is 1. The zero-order chi connectivity index (χ0) is 19.2. The van der Waals surface area contributed by atoms with Crippen LogP contribution in [0.2, 0.25) is 0 Å². The monoisotopic (exact) mass is 380 g/mol. The second-order valence-corrected chi connectivity index (χ2v) is 7.01. The summed E-state index contributed by atoms with van der Waals surface area (Å²) in [6.45, 7) is 2.27. The first-order valence-electron chi connectivity index (χ1n) is 7.91. The molecule has 0 fully saturated rings. The molecule has 1 aromatic carbocycles. The Bertz CT molecular complexity index is 844. The third kappa shape index (κ3) is 5.43. The second kappa shape index (κ2) is 8.63. The van der Waals surface area contributed by atoms with Crippen molar-refractivity contribution in [1.29, 1.82) is 0 Å². The number of esters is 1. The number of carbonyl (C=O) groups is 2. The Hall–Kier alpha value is -2.65. The van der Waals surface area contributed by atoms with Crippen molar-refractivity contribution in [2.45, 2.75) is 24.8 Å². The largest absolute Gasteiger partial charge is 0.466 e. The maximum absolute atomic E-state index is 12.6. The van der Waals surface area contributed by atoms with Crippen LogP contribution in [0.4, 0.5) is 0 Å². The van der Waals surface area contributed by atoms with Crippen molar-refractivity contribution in [3.8, 4) is 0 Å². The molecule has 2 aromatic rings. The lowest BCUT2D eigenvalue weighted by atomic mass is 10.2. The third-order valence-corrected chi connectivity index (χ3v) is 4.46. The molecule has 0 aliphatic carbocycles. The van der Waals surface area contributed by atoms with E-state index in [0.29, 0.717) is 5.56 Å². The predicted octanol–water partition coefficient (Wildman–Crippen LogP) is 1.52. The molecule has 0 bridgehead atoms. The maximum Gasteiger partial charge on any atom is 0.307 e. The van der Waals surface area contributed by atoms with E-state index in [0.717, 1.165) is 0 Å². The van der Waals surface area contributed by atoms with E-state index in [4.69, 9.17) is 14.3 Å². The summed E-state index contributed by atoms with van der Waals surface area (Å²) in [5.74, 6) is -0.640. The quantitative estimate of drug-likeness (QED) is 0.693. The van der Waals surface area contributed by atoms with Crippen molar-refractivity contribution >= 4 is 21.9 Å². The molecular formula is C17H20N2O6S. The lowest BCUT2D eigenvalue weighted by molar-refractivity contribution is -0.143. The van der Waals surface area contributed by atoms with E-state index >= 15 is 0 Å². The molecule has 2 N–H and O–H groups in total. The van der Waals surface area contributed by atoms with E-state index in [1.807, 2.05) is 0 Å². The Kier molecular flexibility index (Phi) is 6.53. The van der Waals surface area contributed by atoms with Crippen LogP contribution in [0.5, 0.6) is 0 Å². The Morgan fingerprint density at radius 1 is 1.19 bits per heavy atom. The fourth-order valence-electron chi connectivity index (χ4n) is 2.27. The van der Waals surface area contributed by atoms with Crippen LogP contribution in [0.25, 0.3) is 0 Å². The normalized spacial score (nSPS) is 11.2. The molecule has 26 heavy (non-hydrogen) atoms. The van der Waals surface area contributed by atoms with Crippen LogP contribution in [0.15, 0.2) is 52.0 Å². The van der Waals surface area contributed by atoms with Crippen LogP contribution in [0.3, 0.4) is 0 Å². The SMILES string of the molecule is CCOC(=O)CCN(Cc1ccc(S(N)(=O)=O)cc1)C(=O)c1ccco1. The van der Waals surface area contributed by atoms with Gasteiger partial charge in [0.15, 0.2) is 5.76 Å². The Morgan fingerprint density at radius 3 is 2.42 bits per heavy atom. The highest BCUT2D eigenvalue weighted by molar-refractivity contribution is 7.89. The van der Waals surface area contributed by atoms with Crippen molar-refractivity contribution < 1.29 is 27.2 Å². The average molecular weight is 380 g/mol. The summed E-state index contributed by atoms with van der Waals surface area (Å²) >= 11 is 0. The van der Waals surface area contributed by atoms with Gasteiger partial charge < -0.3 is 14.1 Å². The Labute approximate surface area is 151 Å². The van der Waals surface area contributed by atoms with E-state index in [1.165, 1.54) is 29.4 Å². The first-order chi connectivity index (χ1) is 12.3. The zero-order valence-electron chi connectivity index (χ0n) is 14.3. The van der Waals surface area contributed by atoms with Crippen molar-refractivity contribution in [1.82, 2.24) is 4.90 Å². The molecule has 1 aromatic heterocycles. The van der Waals surface area contributed by atoms with Crippen molar-refractivity contribution in [3.63, 3.8) is 0 Å². The standard InChI is InChI=1S/C17H20N2O6S/c1-2-24-16(20)9-10-19(17(21)15-4-3-11-25-15)12-13-5-7-14(8-6-13)26(18,22)23/h3-8,11H,2,9-10,12H2,1H3,(H2,18,22,23). The molecule has 0 aliphatic heterocycles. The molecule has 8 nitrogen and oxygen atoms in total. The smallest absolute Gasteiger partial charge is 0.307 e. The zero-order valence-corrected chi connectivity index (χ0v) is 15.1. The van der Waals surface area contributed by atoms with E-state index < -0.39 is 16.0 Å². The van der Waals surface area contributed by atoms with Gasteiger partial charge in [-0.1, -0.05) is 12.1 Å². The van der Waals surface area contributed by atoms with Crippen LogP contribution in [-0.2, 0) is 26.1 Å². The predicted molar refractivity (Wildman–Crippen MR) is 92.5 cm³/mol. The van der Waals surface area contributed by atoms with E-state index in [-0.39, 0.29) is 42.7 Å². The van der Waals surface area contributed by atoms with Gasteiger partial charge in [-0.3, -0.25) is 9.59 Å². The van der Waals surface area contributed by atoms with Gasteiger partial charge >= 0.3 is 5.97 Å². The van der Waals surface area contributed by atoms with Gasteiger partial charge in [-0.25, -0.2) is 13.6 Å². The van der Waals surface area contributed by atoms with Gasteiger partial charge in [-0.05, 0) is 36.8 Å². The molecule has 0 spiro atoms.